The SMILES string of the molecule is O=C(O)C(Nc1cnccn1)C1CCC1. The molecule has 0 saturated heterocycles. The summed E-state index contributed by atoms with van der Waals surface area (Å²) in [7, 11) is 0. The van der Waals surface area contributed by atoms with E-state index in [-0.39, 0.29) is 5.92 Å². The summed E-state index contributed by atoms with van der Waals surface area (Å²) in [4.78, 5) is 18.9. The lowest BCUT2D eigenvalue weighted by molar-refractivity contribution is -0.139. The molecule has 15 heavy (non-hydrogen) atoms. The van der Waals surface area contributed by atoms with Crippen LogP contribution in [0.1, 0.15) is 19.3 Å². The molecule has 0 amide bonds. The summed E-state index contributed by atoms with van der Waals surface area (Å²) < 4.78 is 0. The van der Waals surface area contributed by atoms with Crippen molar-refractivity contribution in [2.75, 3.05) is 5.32 Å². The van der Waals surface area contributed by atoms with Crippen molar-refractivity contribution in [3.63, 3.8) is 0 Å². The van der Waals surface area contributed by atoms with E-state index < -0.39 is 12.0 Å². The van der Waals surface area contributed by atoms with Crippen LogP contribution >= 0.6 is 0 Å². The molecule has 1 aromatic heterocycles. The fraction of sp³-hybridized carbons (Fsp3) is 0.500. The molecule has 0 spiro atoms. The smallest absolute Gasteiger partial charge is 0.326 e. The van der Waals surface area contributed by atoms with Gasteiger partial charge < -0.3 is 10.4 Å². The lowest BCUT2D eigenvalue weighted by Gasteiger charge is -2.31. The van der Waals surface area contributed by atoms with Gasteiger partial charge in [0.15, 0.2) is 0 Å². The number of carbonyl (C=O) groups is 1. The molecule has 0 aromatic carbocycles. The quantitative estimate of drug-likeness (QED) is 0.774. The Kier molecular flexibility index (Phi) is 2.80. The summed E-state index contributed by atoms with van der Waals surface area (Å²) in [5.41, 5.74) is 0. The minimum absolute atomic E-state index is 0.226. The molecule has 1 fully saturated rings. The molecule has 1 aromatic rings. The van der Waals surface area contributed by atoms with Crippen LogP contribution in [-0.4, -0.2) is 27.1 Å². The van der Waals surface area contributed by atoms with Crippen LogP contribution in [0.5, 0.6) is 0 Å². The van der Waals surface area contributed by atoms with E-state index in [2.05, 4.69) is 15.3 Å². The Balaban J connectivity index is 2.03. The maximum Gasteiger partial charge on any atom is 0.326 e. The van der Waals surface area contributed by atoms with E-state index in [0.29, 0.717) is 5.82 Å². The number of nitrogens with one attached hydrogen (secondary N) is 1. The first kappa shape index (κ1) is 9.89. The second-order valence-electron chi connectivity index (χ2n) is 3.74. The fourth-order valence-electron chi connectivity index (χ4n) is 1.69. The van der Waals surface area contributed by atoms with Crippen molar-refractivity contribution >= 4 is 11.8 Å². The molecule has 0 bridgehead atoms. The zero-order chi connectivity index (χ0) is 10.7. The molecular formula is C10H13N3O2. The van der Waals surface area contributed by atoms with E-state index in [1.807, 2.05) is 0 Å². The molecule has 5 heteroatoms. The number of aliphatic carboxylic acids is 1. The molecule has 0 radical (unpaired) electrons. The normalized spacial score (nSPS) is 17.9. The molecule has 5 nitrogen and oxygen atoms in total. The highest BCUT2D eigenvalue weighted by Gasteiger charge is 2.32. The van der Waals surface area contributed by atoms with Gasteiger partial charge in [-0.15, -0.1) is 0 Å². The van der Waals surface area contributed by atoms with E-state index in [1.54, 1.807) is 12.4 Å². The Hall–Kier alpha value is -1.65. The van der Waals surface area contributed by atoms with E-state index in [0.717, 1.165) is 19.3 Å². The Labute approximate surface area is 87.6 Å². The van der Waals surface area contributed by atoms with Gasteiger partial charge in [0.25, 0.3) is 0 Å². The predicted molar refractivity (Wildman–Crippen MR) is 54.4 cm³/mol. The molecule has 1 atom stereocenters. The third kappa shape index (κ3) is 2.23. The number of rotatable bonds is 4. The van der Waals surface area contributed by atoms with Gasteiger partial charge in [-0.25, -0.2) is 9.78 Å². The Morgan fingerprint density at radius 1 is 1.53 bits per heavy atom. The standard InChI is InChI=1S/C10H13N3O2/c14-10(15)9(7-2-1-3-7)13-8-6-11-4-5-12-8/h4-7,9H,1-3H2,(H,12,13)(H,14,15). The van der Waals surface area contributed by atoms with Crippen molar-refractivity contribution in [3.8, 4) is 0 Å². The van der Waals surface area contributed by atoms with Gasteiger partial charge in [-0.3, -0.25) is 4.98 Å². The highest BCUT2D eigenvalue weighted by molar-refractivity contribution is 5.77. The summed E-state index contributed by atoms with van der Waals surface area (Å²) in [5.74, 6) is -0.0633. The summed E-state index contributed by atoms with van der Waals surface area (Å²) in [6, 6.07) is -0.532. The van der Waals surface area contributed by atoms with Crippen molar-refractivity contribution < 1.29 is 9.90 Å². The van der Waals surface area contributed by atoms with Crippen molar-refractivity contribution in [3.05, 3.63) is 18.6 Å². The monoisotopic (exact) mass is 207 g/mol. The van der Waals surface area contributed by atoms with Gasteiger partial charge in [0.1, 0.15) is 11.9 Å². The maximum absolute atomic E-state index is 11.0. The van der Waals surface area contributed by atoms with Gasteiger partial charge in [-0.1, -0.05) is 6.42 Å². The topological polar surface area (TPSA) is 75.1 Å². The lowest BCUT2D eigenvalue weighted by Crippen LogP contribution is -2.40. The van der Waals surface area contributed by atoms with Crippen LogP contribution in [0.3, 0.4) is 0 Å². The highest BCUT2D eigenvalue weighted by atomic mass is 16.4. The van der Waals surface area contributed by atoms with Crippen LogP contribution in [0.15, 0.2) is 18.6 Å². The van der Waals surface area contributed by atoms with Gasteiger partial charge in [-0.2, -0.15) is 0 Å². The number of anilines is 1. The number of carboxylic acids is 1. The van der Waals surface area contributed by atoms with Crippen LogP contribution in [0.4, 0.5) is 5.82 Å². The van der Waals surface area contributed by atoms with E-state index in [1.165, 1.54) is 6.20 Å². The molecule has 1 aliphatic carbocycles. The van der Waals surface area contributed by atoms with Gasteiger partial charge in [0.05, 0.1) is 6.20 Å². The summed E-state index contributed by atoms with van der Waals surface area (Å²) >= 11 is 0. The minimum Gasteiger partial charge on any atom is -0.480 e. The van der Waals surface area contributed by atoms with Crippen LogP contribution in [0, 0.1) is 5.92 Å². The number of carboxylic acid groups (broad SMARTS) is 1. The predicted octanol–water partition coefficient (Wildman–Crippen LogP) is 1.14. The Bertz CT molecular complexity index is 338. The average molecular weight is 207 g/mol. The van der Waals surface area contributed by atoms with Gasteiger partial charge in [-0.05, 0) is 18.8 Å². The first-order valence-corrected chi connectivity index (χ1v) is 5.03. The molecule has 1 aliphatic rings. The van der Waals surface area contributed by atoms with Crippen LogP contribution in [0.2, 0.25) is 0 Å². The molecule has 0 aliphatic heterocycles. The third-order valence-electron chi connectivity index (χ3n) is 2.75. The van der Waals surface area contributed by atoms with Crippen molar-refractivity contribution in [2.24, 2.45) is 5.92 Å². The zero-order valence-electron chi connectivity index (χ0n) is 8.26. The molecule has 2 N–H and O–H groups in total. The maximum atomic E-state index is 11.0. The highest BCUT2D eigenvalue weighted by Crippen LogP contribution is 2.31. The number of hydrogen-bond acceptors (Lipinski definition) is 4. The summed E-state index contributed by atoms with van der Waals surface area (Å²) in [5, 5.41) is 12.0. The molecule has 1 heterocycles. The largest absolute Gasteiger partial charge is 0.480 e. The summed E-state index contributed by atoms with van der Waals surface area (Å²) in [6.07, 6.45) is 7.71. The van der Waals surface area contributed by atoms with Gasteiger partial charge >= 0.3 is 5.97 Å². The zero-order valence-corrected chi connectivity index (χ0v) is 8.26. The minimum atomic E-state index is -0.814. The average Bonchev–Trinajstić information content (AvgIpc) is 2.15. The Morgan fingerprint density at radius 2 is 2.33 bits per heavy atom. The molecular weight excluding hydrogens is 194 g/mol. The molecule has 1 saturated carbocycles. The molecule has 80 valence electrons. The van der Waals surface area contributed by atoms with E-state index in [9.17, 15) is 4.79 Å². The van der Waals surface area contributed by atoms with Gasteiger partial charge in [0.2, 0.25) is 0 Å². The van der Waals surface area contributed by atoms with Gasteiger partial charge in [0, 0.05) is 12.4 Å². The molecule has 1 unspecified atom stereocenters. The third-order valence-corrected chi connectivity index (χ3v) is 2.75. The first-order valence-electron chi connectivity index (χ1n) is 5.03. The fourth-order valence-corrected chi connectivity index (χ4v) is 1.69. The Morgan fingerprint density at radius 3 is 2.80 bits per heavy atom. The second-order valence-corrected chi connectivity index (χ2v) is 3.74. The second kappa shape index (κ2) is 4.25. The van der Waals surface area contributed by atoms with Crippen LogP contribution in [-0.2, 0) is 4.79 Å². The van der Waals surface area contributed by atoms with Crippen LogP contribution in [0.25, 0.3) is 0 Å². The molecule has 2 rings (SSSR count). The summed E-state index contributed by atoms with van der Waals surface area (Å²) in [6.45, 7) is 0. The van der Waals surface area contributed by atoms with Crippen molar-refractivity contribution in [1.29, 1.82) is 0 Å². The van der Waals surface area contributed by atoms with E-state index >= 15 is 0 Å². The van der Waals surface area contributed by atoms with E-state index in [4.69, 9.17) is 5.11 Å². The number of hydrogen-bond donors (Lipinski definition) is 2. The number of nitrogens with zero attached hydrogens (tertiary/aromatic N) is 2. The van der Waals surface area contributed by atoms with Crippen molar-refractivity contribution in [2.45, 2.75) is 25.3 Å². The lowest BCUT2D eigenvalue weighted by atomic mass is 9.80. The van der Waals surface area contributed by atoms with Crippen LogP contribution < -0.4 is 5.32 Å². The van der Waals surface area contributed by atoms with Crippen molar-refractivity contribution in [1.82, 2.24) is 9.97 Å². The first-order chi connectivity index (χ1) is 7.27. The number of aromatic nitrogens is 2.